The lowest BCUT2D eigenvalue weighted by molar-refractivity contribution is -0.384. The number of ketones is 1. The minimum absolute atomic E-state index is 0.0845. The van der Waals surface area contributed by atoms with Crippen molar-refractivity contribution in [3.05, 3.63) is 61.8 Å². The van der Waals surface area contributed by atoms with E-state index in [0.29, 0.717) is 27.0 Å². The molecule has 0 saturated carbocycles. The molecule has 0 spiro atoms. The van der Waals surface area contributed by atoms with Crippen molar-refractivity contribution in [1.82, 2.24) is 4.90 Å². The summed E-state index contributed by atoms with van der Waals surface area (Å²) in [5.74, 6) is -0.675. The third kappa shape index (κ3) is 3.14. The SMILES string of the molecule is COC(=O)C1=C(C)N=C2SC(C(C)=O)=C(C)N2C1c1cccc([N+](=O)[O-])c1. The summed E-state index contributed by atoms with van der Waals surface area (Å²) in [7, 11) is 1.27. The zero-order chi connectivity index (χ0) is 19.9. The molecule has 1 atom stereocenters. The van der Waals surface area contributed by atoms with Gasteiger partial charge in [0.2, 0.25) is 0 Å². The third-order valence-electron chi connectivity index (χ3n) is 4.40. The summed E-state index contributed by atoms with van der Waals surface area (Å²) in [6, 6.07) is 5.41. The van der Waals surface area contributed by atoms with E-state index in [1.165, 1.54) is 37.9 Å². The maximum Gasteiger partial charge on any atom is 0.338 e. The summed E-state index contributed by atoms with van der Waals surface area (Å²) in [5.41, 5.74) is 1.85. The van der Waals surface area contributed by atoms with Crippen molar-refractivity contribution >= 4 is 34.4 Å². The van der Waals surface area contributed by atoms with Crippen molar-refractivity contribution in [3.8, 4) is 0 Å². The molecule has 1 aromatic carbocycles. The van der Waals surface area contributed by atoms with E-state index in [9.17, 15) is 19.7 Å². The molecule has 8 nitrogen and oxygen atoms in total. The molecule has 0 aliphatic carbocycles. The number of carbonyl (C=O) groups is 2. The van der Waals surface area contributed by atoms with Gasteiger partial charge in [-0.1, -0.05) is 12.1 Å². The van der Waals surface area contributed by atoms with E-state index in [1.54, 1.807) is 30.9 Å². The number of hydrogen-bond donors (Lipinski definition) is 0. The van der Waals surface area contributed by atoms with Crippen LogP contribution in [-0.4, -0.2) is 33.9 Å². The Hall–Kier alpha value is -2.94. The number of nitrogens with zero attached hydrogens (tertiary/aromatic N) is 3. The number of ether oxygens (including phenoxy) is 1. The van der Waals surface area contributed by atoms with Gasteiger partial charge in [0, 0.05) is 17.8 Å². The van der Waals surface area contributed by atoms with Gasteiger partial charge in [0.05, 0.1) is 34.3 Å². The second-order valence-electron chi connectivity index (χ2n) is 6.08. The summed E-state index contributed by atoms with van der Waals surface area (Å²) in [5, 5.41) is 11.8. The van der Waals surface area contributed by atoms with Gasteiger partial charge in [-0.15, -0.1) is 0 Å². The van der Waals surface area contributed by atoms with E-state index in [-0.39, 0.29) is 17.0 Å². The van der Waals surface area contributed by atoms with Crippen molar-refractivity contribution in [2.75, 3.05) is 7.11 Å². The summed E-state index contributed by atoms with van der Waals surface area (Å²) in [4.78, 5) is 42.0. The average Bonchev–Trinajstić information content (AvgIpc) is 2.96. The number of Topliss-reactive ketones (excluding diaryl/α,β-unsaturated/α-hetero) is 1. The molecular formula is C18H17N3O5S. The molecule has 0 bridgehead atoms. The molecule has 2 aliphatic rings. The summed E-state index contributed by atoms with van der Waals surface area (Å²) >= 11 is 1.23. The van der Waals surface area contributed by atoms with E-state index >= 15 is 0 Å². The monoisotopic (exact) mass is 387 g/mol. The number of non-ortho nitro benzene ring substituents is 1. The second-order valence-corrected chi connectivity index (χ2v) is 7.06. The van der Waals surface area contributed by atoms with Gasteiger partial charge in [-0.05, 0) is 38.1 Å². The molecule has 3 rings (SSSR count). The Morgan fingerprint density at radius 2 is 2.04 bits per heavy atom. The highest BCUT2D eigenvalue weighted by molar-refractivity contribution is 8.18. The van der Waals surface area contributed by atoms with Crippen LogP contribution in [0.1, 0.15) is 32.4 Å². The summed E-state index contributed by atoms with van der Waals surface area (Å²) in [6.07, 6.45) is 0. The second kappa shape index (κ2) is 6.99. The molecule has 1 unspecified atom stereocenters. The number of rotatable bonds is 4. The molecule has 140 valence electrons. The number of hydrogen-bond acceptors (Lipinski definition) is 8. The number of methoxy groups -OCH3 is 1. The van der Waals surface area contributed by atoms with Crippen LogP contribution in [0, 0.1) is 10.1 Å². The van der Waals surface area contributed by atoms with Crippen molar-refractivity contribution < 1.29 is 19.2 Å². The van der Waals surface area contributed by atoms with E-state index in [2.05, 4.69) is 4.99 Å². The van der Waals surface area contributed by atoms with Crippen LogP contribution in [-0.2, 0) is 14.3 Å². The van der Waals surface area contributed by atoms with Gasteiger partial charge in [-0.2, -0.15) is 0 Å². The van der Waals surface area contributed by atoms with Gasteiger partial charge in [-0.3, -0.25) is 14.9 Å². The quantitative estimate of drug-likeness (QED) is 0.443. The lowest BCUT2D eigenvalue weighted by Crippen LogP contribution is -2.36. The topological polar surface area (TPSA) is 102 Å². The molecule has 2 aliphatic heterocycles. The Morgan fingerprint density at radius 3 is 2.63 bits per heavy atom. The largest absolute Gasteiger partial charge is 0.466 e. The first kappa shape index (κ1) is 18.8. The van der Waals surface area contributed by atoms with Gasteiger partial charge in [0.1, 0.15) is 0 Å². The number of amidine groups is 1. The van der Waals surface area contributed by atoms with Crippen LogP contribution in [0.15, 0.2) is 51.1 Å². The number of nitro groups is 1. The number of benzene rings is 1. The van der Waals surface area contributed by atoms with Crippen LogP contribution in [0.5, 0.6) is 0 Å². The number of allylic oxidation sites excluding steroid dienone is 3. The number of aliphatic imine (C=N–C) groups is 1. The van der Waals surface area contributed by atoms with E-state index in [0.717, 1.165) is 0 Å². The van der Waals surface area contributed by atoms with Crippen molar-refractivity contribution in [2.24, 2.45) is 4.99 Å². The summed E-state index contributed by atoms with van der Waals surface area (Å²) < 4.78 is 4.93. The molecule has 0 N–H and O–H groups in total. The van der Waals surface area contributed by atoms with Crippen molar-refractivity contribution in [2.45, 2.75) is 26.8 Å². The number of carbonyl (C=O) groups excluding carboxylic acids is 2. The van der Waals surface area contributed by atoms with Crippen LogP contribution in [0.2, 0.25) is 0 Å². The molecule has 0 radical (unpaired) electrons. The highest BCUT2D eigenvalue weighted by atomic mass is 32.2. The lowest BCUT2D eigenvalue weighted by Gasteiger charge is -2.35. The predicted octanol–water partition coefficient (Wildman–Crippen LogP) is 3.32. The first-order valence-corrected chi connectivity index (χ1v) is 8.89. The average molecular weight is 387 g/mol. The molecule has 0 aromatic heterocycles. The van der Waals surface area contributed by atoms with Gasteiger partial charge in [-0.25, -0.2) is 9.79 Å². The Balaban J connectivity index is 2.23. The molecule has 9 heteroatoms. The fourth-order valence-electron chi connectivity index (χ4n) is 3.20. The highest BCUT2D eigenvalue weighted by Crippen LogP contribution is 2.47. The van der Waals surface area contributed by atoms with Crippen LogP contribution >= 0.6 is 11.8 Å². The fraction of sp³-hybridized carbons (Fsp3) is 0.278. The third-order valence-corrected chi connectivity index (χ3v) is 5.65. The van der Waals surface area contributed by atoms with Crippen LogP contribution in [0.4, 0.5) is 5.69 Å². The Labute approximate surface area is 159 Å². The highest BCUT2D eigenvalue weighted by Gasteiger charge is 2.42. The minimum atomic E-state index is -0.672. The molecule has 27 heavy (non-hydrogen) atoms. The summed E-state index contributed by atoms with van der Waals surface area (Å²) in [6.45, 7) is 4.92. The molecule has 2 heterocycles. The standard InChI is InChI=1S/C18H17N3O5S/c1-9-14(17(23)26-4)15(12-6-5-7-13(8-12)21(24)25)20-10(2)16(11(3)22)27-18(20)19-9/h5-8,15H,1-4H3. The normalized spacial score (nSPS) is 19.0. The van der Waals surface area contributed by atoms with Crippen molar-refractivity contribution in [3.63, 3.8) is 0 Å². The van der Waals surface area contributed by atoms with Gasteiger partial charge in [0.15, 0.2) is 11.0 Å². The van der Waals surface area contributed by atoms with E-state index < -0.39 is 16.9 Å². The maximum absolute atomic E-state index is 12.5. The lowest BCUT2D eigenvalue weighted by atomic mass is 9.93. The van der Waals surface area contributed by atoms with Crippen LogP contribution < -0.4 is 0 Å². The first-order chi connectivity index (χ1) is 12.8. The Morgan fingerprint density at radius 1 is 1.33 bits per heavy atom. The number of nitro benzene ring substituents is 1. The van der Waals surface area contributed by atoms with Crippen molar-refractivity contribution in [1.29, 1.82) is 0 Å². The smallest absolute Gasteiger partial charge is 0.338 e. The number of thioether (sulfide) groups is 1. The van der Waals surface area contributed by atoms with E-state index in [1.807, 2.05) is 0 Å². The molecule has 1 aromatic rings. The molecular weight excluding hydrogens is 370 g/mol. The van der Waals surface area contributed by atoms with Gasteiger partial charge >= 0.3 is 5.97 Å². The van der Waals surface area contributed by atoms with E-state index in [4.69, 9.17) is 4.74 Å². The number of esters is 1. The predicted molar refractivity (Wildman–Crippen MR) is 101 cm³/mol. The minimum Gasteiger partial charge on any atom is -0.466 e. The van der Waals surface area contributed by atoms with Crippen LogP contribution in [0.3, 0.4) is 0 Å². The zero-order valence-corrected chi connectivity index (χ0v) is 16.0. The molecule has 0 saturated heterocycles. The Bertz CT molecular complexity index is 963. The zero-order valence-electron chi connectivity index (χ0n) is 15.2. The van der Waals surface area contributed by atoms with Crippen LogP contribution in [0.25, 0.3) is 0 Å². The van der Waals surface area contributed by atoms with Gasteiger partial charge < -0.3 is 9.64 Å². The maximum atomic E-state index is 12.5. The first-order valence-electron chi connectivity index (χ1n) is 8.07. The molecule has 0 fully saturated rings. The number of fused-ring (bicyclic) bond motifs is 1. The van der Waals surface area contributed by atoms with Gasteiger partial charge in [0.25, 0.3) is 5.69 Å². The fourth-order valence-corrected chi connectivity index (χ4v) is 4.29. The molecule has 0 amide bonds. The Kier molecular flexibility index (Phi) is 4.88.